The van der Waals surface area contributed by atoms with Crippen molar-refractivity contribution in [1.29, 1.82) is 0 Å². The Hall–Kier alpha value is -2.83. The van der Waals surface area contributed by atoms with Crippen molar-refractivity contribution in [2.45, 2.75) is 88.7 Å². The number of ether oxygens (including phenoxy) is 3. The Labute approximate surface area is 196 Å². The number of rotatable bonds is 5. The second kappa shape index (κ2) is 8.14. The third kappa shape index (κ3) is 3.89. The van der Waals surface area contributed by atoms with E-state index in [4.69, 9.17) is 14.2 Å². The van der Waals surface area contributed by atoms with Crippen LogP contribution < -0.4 is 16.2 Å². The minimum Gasteiger partial charge on any atom is -0.365 e. The maximum absolute atomic E-state index is 12.9. The first-order valence-corrected chi connectivity index (χ1v) is 11.9. The van der Waals surface area contributed by atoms with Crippen LogP contribution in [0.4, 0.5) is 5.82 Å². The second-order valence-corrected chi connectivity index (χ2v) is 9.94. The summed E-state index contributed by atoms with van der Waals surface area (Å²) in [7, 11) is 0. The molecule has 2 aliphatic carbocycles. The molecule has 12 heteroatoms. The van der Waals surface area contributed by atoms with Crippen LogP contribution in [-0.4, -0.2) is 61.5 Å². The first-order chi connectivity index (χ1) is 16.4. The molecular weight excluding hydrogens is 442 g/mol. The Morgan fingerprint density at radius 1 is 1.00 bits per heavy atom. The third-order valence-corrected chi connectivity index (χ3v) is 6.87. The van der Waals surface area contributed by atoms with E-state index in [2.05, 4.69) is 31.1 Å². The fourth-order valence-electron chi connectivity index (χ4n) is 5.06. The molecule has 2 saturated heterocycles. The highest BCUT2D eigenvalue weighted by atomic mass is 16.8. The zero-order valence-electron chi connectivity index (χ0n) is 19.2. The van der Waals surface area contributed by atoms with Gasteiger partial charge >= 0.3 is 0 Å². The van der Waals surface area contributed by atoms with Gasteiger partial charge in [-0.1, -0.05) is 12.8 Å². The van der Waals surface area contributed by atoms with Crippen LogP contribution in [-0.2, 0) is 23.8 Å². The Kier molecular flexibility index (Phi) is 5.19. The molecule has 34 heavy (non-hydrogen) atoms. The molecule has 6 rings (SSSR count). The SMILES string of the molecule is CC1(C)O[C@@H]2[C@H](O1)[C@@H](C(=O)NNC(=O)C1CC1)O[C@H]2n1cnc2c(NC3CCCC3)ncnc21. The summed E-state index contributed by atoms with van der Waals surface area (Å²) in [6.07, 6.45) is 6.53. The first-order valence-electron chi connectivity index (χ1n) is 11.9. The van der Waals surface area contributed by atoms with E-state index in [0.29, 0.717) is 23.0 Å². The number of fused-ring (bicyclic) bond motifs is 2. The van der Waals surface area contributed by atoms with Gasteiger partial charge in [-0.3, -0.25) is 25.0 Å². The molecular formula is C22H29N7O5. The largest absolute Gasteiger partial charge is 0.365 e. The third-order valence-electron chi connectivity index (χ3n) is 6.87. The predicted octanol–water partition coefficient (Wildman–Crippen LogP) is 1.16. The standard InChI is InChI=1S/C22H29N7O5/c1-22(2)33-14-15(20(31)28-27-19(30)11-7-8-11)32-21(16(14)34-22)29-10-25-13-17(23-9-24-18(13)29)26-12-5-3-4-6-12/h9-12,14-16,21H,3-8H2,1-2H3,(H,27,30)(H,28,31)(H,23,24,26)/t14-,15+,16-,21-/m1/s1. The molecule has 4 atom stereocenters. The molecule has 0 spiro atoms. The van der Waals surface area contributed by atoms with Crippen LogP contribution >= 0.6 is 0 Å². The van der Waals surface area contributed by atoms with E-state index in [1.165, 1.54) is 19.2 Å². The maximum Gasteiger partial charge on any atom is 0.270 e. The van der Waals surface area contributed by atoms with E-state index in [-0.39, 0.29) is 11.8 Å². The van der Waals surface area contributed by atoms with Crippen molar-refractivity contribution in [3.63, 3.8) is 0 Å². The zero-order chi connectivity index (χ0) is 23.4. The average Bonchev–Trinajstić information content (AvgIpc) is 3.09. The van der Waals surface area contributed by atoms with Crippen LogP contribution in [0, 0.1) is 5.92 Å². The summed E-state index contributed by atoms with van der Waals surface area (Å²) in [5.41, 5.74) is 6.17. The summed E-state index contributed by atoms with van der Waals surface area (Å²) < 4.78 is 20.1. The molecule has 0 bridgehead atoms. The highest BCUT2D eigenvalue weighted by molar-refractivity contribution is 5.87. The number of hydrazine groups is 1. The lowest BCUT2D eigenvalue weighted by Gasteiger charge is -2.24. The Bertz CT molecular complexity index is 1110. The van der Waals surface area contributed by atoms with E-state index in [1.807, 2.05) is 0 Å². The number of imidazole rings is 1. The number of amides is 2. The highest BCUT2D eigenvalue weighted by Crippen LogP contribution is 2.44. The van der Waals surface area contributed by atoms with Gasteiger partial charge in [-0.15, -0.1) is 0 Å². The summed E-state index contributed by atoms with van der Waals surface area (Å²) >= 11 is 0. The van der Waals surface area contributed by atoms with Crippen molar-refractivity contribution < 1.29 is 23.8 Å². The van der Waals surface area contributed by atoms with Crippen molar-refractivity contribution in [2.24, 2.45) is 5.92 Å². The van der Waals surface area contributed by atoms with Gasteiger partial charge in [0.15, 0.2) is 35.1 Å². The molecule has 0 unspecified atom stereocenters. The van der Waals surface area contributed by atoms with Gasteiger partial charge in [0.1, 0.15) is 18.5 Å². The lowest BCUT2D eigenvalue weighted by atomic mass is 10.1. The van der Waals surface area contributed by atoms with Gasteiger partial charge < -0.3 is 19.5 Å². The van der Waals surface area contributed by atoms with Gasteiger partial charge in [0.25, 0.3) is 5.91 Å². The lowest BCUT2D eigenvalue weighted by molar-refractivity contribution is -0.197. The average molecular weight is 472 g/mol. The van der Waals surface area contributed by atoms with Crippen molar-refractivity contribution in [1.82, 2.24) is 30.4 Å². The minimum atomic E-state index is -0.980. The molecule has 182 valence electrons. The van der Waals surface area contributed by atoms with Crippen LogP contribution in [0.2, 0.25) is 0 Å². The van der Waals surface area contributed by atoms with E-state index in [9.17, 15) is 9.59 Å². The van der Waals surface area contributed by atoms with E-state index in [0.717, 1.165) is 25.7 Å². The minimum absolute atomic E-state index is 0.0284. The molecule has 2 aromatic rings. The molecule has 4 aliphatic rings. The summed E-state index contributed by atoms with van der Waals surface area (Å²) in [6.45, 7) is 3.59. The number of aromatic nitrogens is 4. The van der Waals surface area contributed by atoms with Crippen LogP contribution in [0.5, 0.6) is 0 Å². The van der Waals surface area contributed by atoms with Crippen molar-refractivity contribution in [3.05, 3.63) is 12.7 Å². The second-order valence-electron chi connectivity index (χ2n) is 9.94. The smallest absolute Gasteiger partial charge is 0.270 e. The van der Waals surface area contributed by atoms with Gasteiger partial charge in [0.05, 0.1) is 6.33 Å². The Morgan fingerprint density at radius 3 is 2.50 bits per heavy atom. The topological polar surface area (TPSA) is 142 Å². The molecule has 4 fully saturated rings. The fourth-order valence-corrected chi connectivity index (χ4v) is 5.06. The van der Waals surface area contributed by atoms with Gasteiger partial charge in [0, 0.05) is 12.0 Å². The molecule has 2 amide bonds. The van der Waals surface area contributed by atoms with Crippen molar-refractivity contribution in [2.75, 3.05) is 5.32 Å². The van der Waals surface area contributed by atoms with Crippen LogP contribution in [0.25, 0.3) is 11.2 Å². The maximum atomic E-state index is 12.9. The summed E-state index contributed by atoms with van der Waals surface area (Å²) in [4.78, 5) is 38.3. The molecule has 0 radical (unpaired) electrons. The number of hydrogen-bond acceptors (Lipinski definition) is 9. The molecule has 0 aromatic carbocycles. The monoisotopic (exact) mass is 471 g/mol. The van der Waals surface area contributed by atoms with Gasteiger partial charge in [-0.25, -0.2) is 15.0 Å². The Morgan fingerprint density at radius 2 is 1.74 bits per heavy atom. The molecule has 3 N–H and O–H groups in total. The first kappa shape index (κ1) is 21.7. The van der Waals surface area contributed by atoms with Gasteiger partial charge in [-0.2, -0.15) is 0 Å². The molecule has 12 nitrogen and oxygen atoms in total. The molecule has 2 aliphatic heterocycles. The van der Waals surface area contributed by atoms with Crippen molar-refractivity contribution >= 4 is 28.8 Å². The number of anilines is 1. The van der Waals surface area contributed by atoms with Gasteiger partial charge in [-0.05, 0) is 39.5 Å². The summed E-state index contributed by atoms with van der Waals surface area (Å²) in [5.74, 6) is -0.919. The van der Waals surface area contributed by atoms with Crippen LogP contribution in [0.15, 0.2) is 12.7 Å². The van der Waals surface area contributed by atoms with E-state index in [1.54, 1.807) is 24.7 Å². The fraction of sp³-hybridized carbons (Fsp3) is 0.682. The number of nitrogens with zero attached hydrogens (tertiary/aromatic N) is 4. The number of nitrogens with one attached hydrogen (secondary N) is 3. The molecule has 2 aromatic heterocycles. The Balaban J connectivity index is 1.25. The van der Waals surface area contributed by atoms with Crippen LogP contribution in [0.1, 0.15) is 58.6 Å². The highest BCUT2D eigenvalue weighted by Gasteiger charge is 2.58. The number of carbonyl (C=O) groups excluding carboxylic acids is 2. The number of hydrogen-bond donors (Lipinski definition) is 3. The quantitative estimate of drug-likeness (QED) is 0.548. The van der Waals surface area contributed by atoms with Gasteiger partial charge in [0.2, 0.25) is 5.91 Å². The van der Waals surface area contributed by atoms with Crippen molar-refractivity contribution in [3.8, 4) is 0 Å². The zero-order valence-corrected chi connectivity index (χ0v) is 19.2. The molecule has 4 heterocycles. The number of carbonyl (C=O) groups is 2. The van der Waals surface area contributed by atoms with E-state index >= 15 is 0 Å². The predicted molar refractivity (Wildman–Crippen MR) is 118 cm³/mol. The normalized spacial score (nSPS) is 30.4. The summed E-state index contributed by atoms with van der Waals surface area (Å²) in [6, 6.07) is 0.377. The van der Waals surface area contributed by atoms with Crippen LogP contribution in [0.3, 0.4) is 0 Å². The molecule has 2 saturated carbocycles. The van der Waals surface area contributed by atoms with E-state index < -0.39 is 36.2 Å². The lowest BCUT2D eigenvalue weighted by Crippen LogP contribution is -2.50. The summed E-state index contributed by atoms with van der Waals surface area (Å²) in [5, 5.41) is 3.49.